The van der Waals surface area contributed by atoms with Crippen molar-refractivity contribution in [2.75, 3.05) is 13.2 Å². The van der Waals surface area contributed by atoms with Crippen molar-refractivity contribution >= 4 is 29.8 Å². The predicted octanol–water partition coefficient (Wildman–Crippen LogP) is 0.692. The average molecular weight is 482 g/mol. The number of carbonyl (C=O) groups excluding carboxylic acids is 5. The molecule has 1 fully saturated rings. The lowest BCUT2D eigenvalue weighted by molar-refractivity contribution is -0.300. The minimum atomic E-state index is -1.55. The van der Waals surface area contributed by atoms with Gasteiger partial charge in [0.1, 0.15) is 18.5 Å². The van der Waals surface area contributed by atoms with E-state index < -0.39 is 73.8 Å². The van der Waals surface area contributed by atoms with Crippen molar-refractivity contribution in [3.63, 3.8) is 0 Å². The maximum absolute atomic E-state index is 12.6. The van der Waals surface area contributed by atoms with Gasteiger partial charge in [-0.15, -0.1) is 0 Å². The van der Waals surface area contributed by atoms with Gasteiger partial charge in [-0.05, 0) is 12.1 Å². The van der Waals surface area contributed by atoms with Crippen LogP contribution >= 0.6 is 0 Å². The third-order valence-electron chi connectivity index (χ3n) is 4.30. The van der Waals surface area contributed by atoms with Gasteiger partial charge in [-0.25, -0.2) is 4.79 Å². The Morgan fingerprint density at radius 1 is 0.735 bits per heavy atom. The molecule has 0 N–H and O–H groups in total. The Morgan fingerprint density at radius 2 is 1.32 bits per heavy atom. The number of carbonyl (C=O) groups is 5. The van der Waals surface area contributed by atoms with Crippen molar-refractivity contribution in [2.45, 2.75) is 58.4 Å². The zero-order valence-electron chi connectivity index (χ0n) is 19.1. The van der Waals surface area contributed by atoms with Crippen LogP contribution in [0.15, 0.2) is 30.3 Å². The van der Waals surface area contributed by atoms with Gasteiger partial charge in [0.05, 0.1) is 0 Å². The molecule has 1 heterocycles. The summed E-state index contributed by atoms with van der Waals surface area (Å²) in [4.78, 5) is 59.1. The highest BCUT2D eigenvalue weighted by molar-refractivity contribution is 5.72. The van der Waals surface area contributed by atoms with E-state index >= 15 is 0 Å². The van der Waals surface area contributed by atoms with Crippen molar-refractivity contribution in [1.82, 2.24) is 0 Å². The van der Waals surface area contributed by atoms with E-state index in [2.05, 4.69) is 0 Å². The molecule has 0 aromatic heterocycles. The Hall–Kier alpha value is -3.67. The highest BCUT2D eigenvalue weighted by Crippen LogP contribution is 2.30. The molecule has 1 aromatic rings. The van der Waals surface area contributed by atoms with Gasteiger partial charge in [0.25, 0.3) is 0 Å². The Bertz CT molecular complexity index is 883. The standard InChI is InChI=1S/C22H26O12/c1-12(23)28-10-17-19(30-13(2)24)20(21(31-14(3)25)22(33-17)32-15(4)26)34-18(27)11-29-16-8-6-5-7-9-16/h5-9,17,19-22H,10-11H2,1-4H3/t17-,19-,20+,21-,22-/m0/s1. The Kier molecular flexibility index (Phi) is 9.80. The first-order valence-corrected chi connectivity index (χ1v) is 10.2. The van der Waals surface area contributed by atoms with Crippen molar-refractivity contribution in [3.8, 4) is 5.75 Å². The number of hydrogen-bond acceptors (Lipinski definition) is 12. The number of benzene rings is 1. The molecule has 0 amide bonds. The van der Waals surface area contributed by atoms with Gasteiger partial charge in [-0.1, -0.05) is 18.2 Å². The second kappa shape index (κ2) is 12.5. The summed E-state index contributed by atoms with van der Waals surface area (Å²) in [5, 5.41) is 0. The smallest absolute Gasteiger partial charge is 0.344 e. The molecule has 0 bridgehead atoms. The first-order valence-electron chi connectivity index (χ1n) is 10.2. The quantitative estimate of drug-likeness (QED) is 0.360. The molecule has 0 aliphatic carbocycles. The number of ether oxygens (including phenoxy) is 7. The maximum Gasteiger partial charge on any atom is 0.344 e. The molecule has 0 unspecified atom stereocenters. The van der Waals surface area contributed by atoms with E-state index in [1.165, 1.54) is 0 Å². The monoisotopic (exact) mass is 482 g/mol. The van der Waals surface area contributed by atoms with E-state index in [-0.39, 0.29) is 0 Å². The van der Waals surface area contributed by atoms with Crippen LogP contribution in [0.5, 0.6) is 5.75 Å². The van der Waals surface area contributed by atoms with Crippen molar-refractivity contribution < 1.29 is 57.1 Å². The molecule has 1 aliphatic heterocycles. The van der Waals surface area contributed by atoms with Gasteiger partial charge in [-0.3, -0.25) is 19.2 Å². The lowest BCUT2D eigenvalue weighted by Gasteiger charge is -2.43. The largest absolute Gasteiger partial charge is 0.482 e. The van der Waals surface area contributed by atoms with Crippen molar-refractivity contribution in [1.29, 1.82) is 0 Å². The van der Waals surface area contributed by atoms with E-state index in [0.717, 1.165) is 27.7 Å². The SMILES string of the molecule is CC(=O)OC[C@@H]1O[C@H](OC(C)=O)[C@@H](OC(C)=O)[C@H](OC(=O)COc2ccccc2)[C@H]1OC(C)=O. The molecule has 2 rings (SSSR count). The molecule has 1 saturated heterocycles. The number of hydrogen-bond donors (Lipinski definition) is 0. The molecule has 0 radical (unpaired) electrons. The summed E-state index contributed by atoms with van der Waals surface area (Å²) >= 11 is 0. The van der Waals surface area contributed by atoms with Gasteiger partial charge < -0.3 is 33.2 Å². The molecule has 0 spiro atoms. The van der Waals surface area contributed by atoms with E-state index in [9.17, 15) is 24.0 Å². The van der Waals surface area contributed by atoms with Crippen LogP contribution in [-0.2, 0) is 52.4 Å². The van der Waals surface area contributed by atoms with E-state index in [0.29, 0.717) is 5.75 Å². The summed E-state index contributed by atoms with van der Waals surface area (Å²) in [5.41, 5.74) is 0. The first-order chi connectivity index (χ1) is 16.1. The first kappa shape index (κ1) is 26.6. The molecule has 34 heavy (non-hydrogen) atoms. The van der Waals surface area contributed by atoms with Crippen LogP contribution in [-0.4, -0.2) is 73.8 Å². The van der Waals surface area contributed by atoms with Gasteiger partial charge in [0, 0.05) is 27.7 Å². The molecule has 1 aliphatic rings. The fourth-order valence-electron chi connectivity index (χ4n) is 3.10. The number of para-hydroxylation sites is 1. The fourth-order valence-corrected chi connectivity index (χ4v) is 3.10. The summed E-state index contributed by atoms with van der Waals surface area (Å²) in [6.45, 7) is 3.43. The van der Waals surface area contributed by atoms with Crippen molar-refractivity contribution in [2.24, 2.45) is 0 Å². The Morgan fingerprint density at radius 3 is 1.88 bits per heavy atom. The highest BCUT2D eigenvalue weighted by Gasteiger charge is 2.53. The molecule has 5 atom stereocenters. The molecule has 0 saturated carbocycles. The van der Waals surface area contributed by atoms with Crippen LogP contribution in [0.3, 0.4) is 0 Å². The van der Waals surface area contributed by atoms with E-state index in [4.69, 9.17) is 33.2 Å². The molecular formula is C22H26O12. The second-order valence-electron chi connectivity index (χ2n) is 7.16. The maximum atomic E-state index is 12.6. The zero-order valence-corrected chi connectivity index (χ0v) is 19.1. The lowest BCUT2D eigenvalue weighted by atomic mass is 9.98. The second-order valence-corrected chi connectivity index (χ2v) is 7.16. The fraction of sp³-hybridized carbons (Fsp3) is 0.500. The minimum absolute atomic E-state index is 0.394. The number of rotatable bonds is 9. The normalized spacial score (nSPS) is 23.7. The summed E-state index contributed by atoms with van der Waals surface area (Å²) < 4.78 is 37.0. The molecular weight excluding hydrogens is 456 g/mol. The molecule has 12 heteroatoms. The molecule has 186 valence electrons. The molecule has 1 aromatic carbocycles. The summed E-state index contributed by atoms with van der Waals surface area (Å²) in [7, 11) is 0. The minimum Gasteiger partial charge on any atom is -0.482 e. The van der Waals surface area contributed by atoms with E-state index in [1.54, 1.807) is 30.3 Å². The van der Waals surface area contributed by atoms with Crippen LogP contribution in [0.4, 0.5) is 0 Å². The van der Waals surface area contributed by atoms with Gasteiger partial charge in [-0.2, -0.15) is 0 Å². The molecule has 12 nitrogen and oxygen atoms in total. The lowest BCUT2D eigenvalue weighted by Crippen LogP contribution is -2.63. The van der Waals surface area contributed by atoms with Gasteiger partial charge >= 0.3 is 29.8 Å². The van der Waals surface area contributed by atoms with Crippen LogP contribution in [0.2, 0.25) is 0 Å². The van der Waals surface area contributed by atoms with Crippen LogP contribution in [0.25, 0.3) is 0 Å². The third kappa shape index (κ3) is 8.35. The average Bonchev–Trinajstić information content (AvgIpc) is 2.74. The van der Waals surface area contributed by atoms with Gasteiger partial charge in [0.2, 0.25) is 12.4 Å². The predicted molar refractivity (Wildman–Crippen MR) is 110 cm³/mol. The topological polar surface area (TPSA) is 150 Å². The van der Waals surface area contributed by atoms with Gasteiger partial charge in [0.15, 0.2) is 18.8 Å². The Balaban J connectivity index is 2.33. The summed E-state index contributed by atoms with van der Waals surface area (Å²) in [6.07, 6.45) is -7.15. The Labute approximate surface area is 195 Å². The zero-order chi connectivity index (χ0) is 25.3. The summed E-state index contributed by atoms with van der Waals surface area (Å²) in [5.74, 6) is -3.57. The van der Waals surface area contributed by atoms with Crippen LogP contribution in [0.1, 0.15) is 27.7 Å². The van der Waals surface area contributed by atoms with Crippen LogP contribution < -0.4 is 4.74 Å². The van der Waals surface area contributed by atoms with E-state index in [1.807, 2.05) is 0 Å². The number of esters is 5. The highest BCUT2D eigenvalue weighted by atomic mass is 16.7. The third-order valence-corrected chi connectivity index (χ3v) is 4.30. The summed E-state index contributed by atoms with van der Waals surface area (Å²) in [6, 6.07) is 8.42. The van der Waals surface area contributed by atoms with Crippen molar-refractivity contribution in [3.05, 3.63) is 30.3 Å². The van der Waals surface area contributed by atoms with Crippen LogP contribution in [0, 0.1) is 0 Å².